The van der Waals surface area contributed by atoms with E-state index in [1.807, 2.05) is 6.92 Å². The average molecular weight is 216 g/mol. The van der Waals surface area contributed by atoms with Crippen molar-refractivity contribution >= 4 is 6.08 Å². The van der Waals surface area contributed by atoms with E-state index >= 15 is 0 Å². The van der Waals surface area contributed by atoms with E-state index in [0.29, 0.717) is 0 Å². The maximum Gasteiger partial charge on any atom is 0.0372 e. The number of hydrogen-bond donors (Lipinski definition) is 0. The van der Waals surface area contributed by atoms with Crippen LogP contribution in [0.25, 0.3) is 6.08 Å². The Kier molecular flexibility index (Phi) is 2.78. The van der Waals surface area contributed by atoms with Gasteiger partial charge in [-0.2, -0.15) is 0 Å². The van der Waals surface area contributed by atoms with Crippen molar-refractivity contribution < 1.29 is 0 Å². The predicted octanol–water partition coefficient (Wildman–Crippen LogP) is 2.84. The van der Waals surface area contributed by atoms with E-state index < -0.39 is 0 Å². The summed E-state index contributed by atoms with van der Waals surface area (Å²) in [5.74, 6) is 10.8. The Hall–Kier alpha value is -2.36. The van der Waals surface area contributed by atoms with Gasteiger partial charge >= 0.3 is 0 Å². The lowest BCUT2D eigenvalue weighted by atomic mass is 9.89. The third-order valence-electron chi connectivity index (χ3n) is 3.18. The summed E-state index contributed by atoms with van der Waals surface area (Å²) < 4.78 is 0. The van der Waals surface area contributed by atoms with Crippen LogP contribution in [0.5, 0.6) is 0 Å². The van der Waals surface area contributed by atoms with Crippen molar-refractivity contribution in [1.82, 2.24) is 0 Å². The zero-order valence-electron chi connectivity index (χ0n) is 10.0. The molecule has 1 aliphatic carbocycles. The molecule has 0 atom stereocenters. The molecule has 1 aliphatic rings. The molecule has 0 saturated carbocycles. The highest BCUT2D eigenvalue weighted by Gasteiger charge is 2.18. The van der Waals surface area contributed by atoms with Crippen LogP contribution in [0.2, 0.25) is 0 Å². The van der Waals surface area contributed by atoms with Crippen LogP contribution in [0.15, 0.2) is 6.08 Å². The van der Waals surface area contributed by atoms with Crippen LogP contribution in [-0.2, 0) is 6.42 Å². The van der Waals surface area contributed by atoms with Gasteiger partial charge < -0.3 is 0 Å². The smallest absolute Gasteiger partial charge is 0.0372 e. The molecule has 0 fully saturated rings. The van der Waals surface area contributed by atoms with Crippen LogP contribution in [0.1, 0.15) is 33.4 Å². The number of allylic oxidation sites excluding steroid dienone is 1. The number of terminal acetylenes is 2. The highest BCUT2D eigenvalue weighted by molar-refractivity contribution is 5.74. The van der Waals surface area contributed by atoms with Gasteiger partial charge in [-0.1, -0.05) is 24.0 Å². The van der Waals surface area contributed by atoms with E-state index in [-0.39, 0.29) is 0 Å². The number of fused-ring (bicyclic) bond motifs is 1. The minimum absolute atomic E-state index is 0.931. The lowest BCUT2D eigenvalue weighted by molar-refractivity contribution is 1.20. The lowest BCUT2D eigenvalue weighted by Crippen LogP contribution is -2.00. The van der Waals surface area contributed by atoms with Gasteiger partial charge in [0.1, 0.15) is 0 Å². The van der Waals surface area contributed by atoms with Gasteiger partial charge in [0, 0.05) is 11.1 Å². The molecule has 0 N–H and O–H groups in total. The van der Waals surface area contributed by atoms with Gasteiger partial charge in [-0.15, -0.1) is 12.8 Å². The monoisotopic (exact) mass is 216 g/mol. The molecule has 0 saturated heterocycles. The largest absolute Gasteiger partial charge is 0.115 e. The van der Waals surface area contributed by atoms with Gasteiger partial charge in [-0.25, -0.2) is 0 Å². The van der Waals surface area contributed by atoms with Crippen LogP contribution >= 0.6 is 0 Å². The molecule has 0 aliphatic heterocycles. The molecular weight excluding hydrogens is 204 g/mol. The minimum Gasteiger partial charge on any atom is -0.115 e. The molecule has 0 heterocycles. The first-order valence-corrected chi connectivity index (χ1v) is 5.46. The molecular formula is C17H12. The molecule has 2 rings (SSSR count). The third-order valence-corrected chi connectivity index (χ3v) is 3.18. The Morgan fingerprint density at radius 1 is 1.12 bits per heavy atom. The second-order valence-corrected chi connectivity index (χ2v) is 4.04. The van der Waals surface area contributed by atoms with Gasteiger partial charge in [-0.3, -0.25) is 0 Å². The second kappa shape index (κ2) is 4.25. The highest BCUT2D eigenvalue weighted by atomic mass is 14.2. The summed E-state index contributed by atoms with van der Waals surface area (Å²) in [6.07, 6.45) is 16.0. The van der Waals surface area contributed by atoms with E-state index in [1.165, 1.54) is 16.7 Å². The molecule has 1 aromatic carbocycles. The summed E-state index contributed by atoms with van der Waals surface area (Å²) >= 11 is 0. The normalized spacial score (nSPS) is 11.1. The van der Waals surface area contributed by atoms with Crippen LogP contribution in [-0.4, -0.2) is 0 Å². The molecule has 0 radical (unpaired) electrons. The molecule has 0 heteroatoms. The maximum atomic E-state index is 5.58. The minimum atomic E-state index is 0.931. The van der Waals surface area contributed by atoms with Gasteiger partial charge in [-0.05, 0) is 54.4 Å². The number of benzene rings is 1. The SMILES string of the molecule is C#CC#Cc1c(C)c(C#C)c(C)c2c1C=CC2. The van der Waals surface area contributed by atoms with Crippen molar-refractivity contribution in [2.45, 2.75) is 20.3 Å². The first kappa shape index (κ1) is 11.1. The van der Waals surface area contributed by atoms with Crippen molar-refractivity contribution in [3.05, 3.63) is 39.5 Å². The summed E-state index contributed by atoms with van der Waals surface area (Å²) in [7, 11) is 0. The average Bonchev–Trinajstić information content (AvgIpc) is 2.79. The maximum absolute atomic E-state index is 5.58. The molecule has 0 bridgehead atoms. The van der Waals surface area contributed by atoms with E-state index in [2.05, 4.69) is 42.8 Å². The fraction of sp³-hybridized carbons (Fsp3) is 0.176. The summed E-state index contributed by atoms with van der Waals surface area (Å²) in [6, 6.07) is 0. The van der Waals surface area contributed by atoms with Crippen molar-refractivity contribution in [3.63, 3.8) is 0 Å². The second-order valence-electron chi connectivity index (χ2n) is 4.04. The summed E-state index contributed by atoms with van der Waals surface area (Å²) in [4.78, 5) is 0. The predicted molar refractivity (Wildman–Crippen MR) is 72.3 cm³/mol. The third kappa shape index (κ3) is 1.63. The summed E-state index contributed by atoms with van der Waals surface area (Å²) in [5, 5.41) is 0. The Bertz CT molecular complexity index is 659. The molecule has 17 heavy (non-hydrogen) atoms. The fourth-order valence-electron chi connectivity index (χ4n) is 2.33. The standard InChI is InChI=1S/C17H12/c1-5-7-9-15-12(3)14(6-2)13(4)16-10-8-11-17(15)16/h1-2,8,11H,10H2,3-4H3. The zero-order valence-corrected chi connectivity index (χ0v) is 10.0. The first-order chi connectivity index (χ1) is 8.20. The number of rotatable bonds is 0. The molecule has 0 amide bonds. The molecule has 80 valence electrons. The molecule has 1 aromatic rings. The zero-order chi connectivity index (χ0) is 12.4. The van der Waals surface area contributed by atoms with Crippen molar-refractivity contribution in [2.24, 2.45) is 0 Å². The van der Waals surface area contributed by atoms with Gasteiger partial charge in [0.25, 0.3) is 0 Å². The van der Waals surface area contributed by atoms with E-state index in [1.54, 1.807) is 0 Å². The van der Waals surface area contributed by atoms with E-state index in [9.17, 15) is 0 Å². The molecule has 0 aromatic heterocycles. The lowest BCUT2D eigenvalue weighted by Gasteiger charge is -2.13. The van der Waals surface area contributed by atoms with Crippen molar-refractivity contribution in [3.8, 4) is 36.5 Å². The topological polar surface area (TPSA) is 0 Å². The molecule has 0 unspecified atom stereocenters. The molecule has 0 spiro atoms. The number of hydrogen-bond acceptors (Lipinski definition) is 0. The molecule has 0 nitrogen and oxygen atoms in total. The highest BCUT2D eigenvalue weighted by Crippen LogP contribution is 2.31. The van der Waals surface area contributed by atoms with Gasteiger partial charge in [0.15, 0.2) is 0 Å². The van der Waals surface area contributed by atoms with E-state index in [4.69, 9.17) is 12.8 Å². The fourth-order valence-corrected chi connectivity index (χ4v) is 2.33. The Labute approximate surface area is 103 Å². The quantitative estimate of drug-likeness (QED) is 0.585. The van der Waals surface area contributed by atoms with Crippen LogP contribution in [0.3, 0.4) is 0 Å². The van der Waals surface area contributed by atoms with Crippen molar-refractivity contribution in [2.75, 3.05) is 0 Å². The van der Waals surface area contributed by atoms with Crippen molar-refractivity contribution in [1.29, 1.82) is 0 Å². The Balaban J connectivity index is 2.84. The summed E-state index contributed by atoms with van der Waals surface area (Å²) in [5.41, 5.74) is 6.64. The van der Waals surface area contributed by atoms with Crippen LogP contribution in [0.4, 0.5) is 0 Å². The van der Waals surface area contributed by atoms with Gasteiger partial charge in [0.05, 0.1) is 0 Å². The van der Waals surface area contributed by atoms with Gasteiger partial charge in [0.2, 0.25) is 0 Å². The van der Waals surface area contributed by atoms with Crippen LogP contribution < -0.4 is 0 Å². The first-order valence-electron chi connectivity index (χ1n) is 5.46. The summed E-state index contributed by atoms with van der Waals surface area (Å²) in [6.45, 7) is 4.08. The Morgan fingerprint density at radius 3 is 2.53 bits per heavy atom. The van der Waals surface area contributed by atoms with Crippen LogP contribution in [0, 0.1) is 50.4 Å². The van der Waals surface area contributed by atoms with E-state index in [0.717, 1.165) is 23.1 Å². The Morgan fingerprint density at radius 2 is 1.88 bits per heavy atom.